The van der Waals surface area contributed by atoms with Crippen molar-refractivity contribution in [3.05, 3.63) is 59.0 Å². The van der Waals surface area contributed by atoms with Gasteiger partial charge in [-0.1, -0.05) is 17.7 Å². The van der Waals surface area contributed by atoms with E-state index in [0.717, 1.165) is 22.3 Å². The van der Waals surface area contributed by atoms with Crippen LogP contribution in [0.1, 0.15) is 29.0 Å². The molecule has 0 bridgehead atoms. The quantitative estimate of drug-likeness (QED) is 0.560. The van der Waals surface area contributed by atoms with Crippen molar-refractivity contribution in [3.63, 3.8) is 0 Å². The van der Waals surface area contributed by atoms with E-state index in [0.29, 0.717) is 42.7 Å². The molecular formula is C23H27N3O4. The molecule has 3 rings (SSSR count). The zero-order valence-corrected chi connectivity index (χ0v) is 18.1. The Kier molecular flexibility index (Phi) is 6.72. The van der Waals surface area contributed by atoms with Gasteiger partial charge in [-0.3, -0.25) is 4.79 Å². The van der Waals surface area contributed by atoms with Gasteiger partial charge in [0, 0.05) is 32.0 Å². The molecule has 30 heavy (non-hydrogen) atoms. The minimum Gasteiger partial charge on any atom is -0.493 e. The number of benzene rings is 2. The maximum atomic E-state index is 12.6. The first-order chi connectivity index (χ1) is 14.4. The van der Waals surface area contributed by atoms with Gasteiger partial charge in [-0.2, -0.15) is 0 Å². The lowest BCUT2D eigenvalue weighted by Crippen LogP contribution is -2.26. The second-order valence-corrected chi connectivity index (χ2v) is 7.25. The van der Waals surface area contributed by atoms with Gasteiger partial charge in [0.2, 0.25) is 17.7 Å². The lowest BCUT2D eigenvalue weighted by molar-refractivity contribution is -0.130. The van der Waals surface area contributed by atoms with E-state index in [-0.39, 0.29) is 5.91 Å². The Hall–Kier alpha value is -3.35. The molecule has 0 aliphatic carbocycles. The van der Waals surface area contributed by atoms with E-state index in [1.165, 1.54) is 0 Å². The van der Waals surface area contributed by atoms with Crippen molar-refractivity contribution in [1.29, 1.82) is 0 Å². The molecule has 2 aromatic carbocycles. The normalized spacial score (nSPS) is 10.7. The molecule has 0 saturated heterocycles. The van der Waals surface area contributed by atoms with Crippen molar-refractivity contribution < 1.29 is 18.7 Å². The fraction of sp³-hybridized carbons (Fsp3) is 0.348. The van der Waals surface area contributed by atoms with E-state index in [9.17, 15) is 4.79 Å². The number of carbonyl (C=O) groups excluding carboxylic acids is 1. The third-order valence-corrected chi connectivity index (χ3v) is 4.99. The van der Waals surface area contributed by atoms with Crippen LogP contribution in [0.25, 0.3) is 11.5 Å². The summed E-state index contributed by atoms with van der Waals surface area (Å²) < 4.78 is 16.4. The summed E-state index contributed by atoms with van der Waals surface area (Å²) in [4.78, 5) is 14.3. The van der Waals surface area contributed by atoms with Gasteiger partial charge in [-0.15, -0.1) is 10.2 Å². The van der Waals surface area contributed by atoms with Crippen molar-refractivity contribution in [2.45, 2.75) is 33.2 Å². The van der Waals surface area contributed by atoms with Gasteiger partial charge >= 0.3 is 0 Å². The van der Waals surface area contributed by atoms with E-state index in [2.05, 4.69) is 10.2 Å². The number of rotatable bonds is 8. The average Bonchev–Trinajstić information content (AvgIpc) is 3.22. The molecule has 1 aromatic heterocycles. The summed E-state index contributed by atoms with van der Waals surface area (Å²) in [5, 5.41) is 8.15. The molecule has 3 aromatic rings. The van der Waals surface area contributed by atoms with E-state index in [1.54, 1.807) is 26.2 Å². The molecule has 0 aliphatic rings. The first kappa shape index (κ1) is 21.4. The smallest absolute Gasteiger partial charge is 0.247 e. The van der Waals surface area contributed by atoms with Gasteiger partial charge in [0.1, 0.15) is 0 Å². The van der Waals surface area contributed by atoms with Crippen LogP contribution in [0, 0.1) is 13.8 Å². The molecule has 7 heteroatoms. The minimum atomic E-state index is -0.000675. The van der Waals surface area contributed by atoms with Crippen LogP contribution in [-0.4, -0.2) is 42.3 Å². The Bertz CT molecular complexity index is 1010. The van der Waals surface area contributed by atoms with Crippen molar-refractivity contribution in [2.75, 3.05) is 21.3 Å². The summed E-state index contributed by atoms with van der Waals surface area (Å²) in [6.45, 7) is 4.48. The number of carbonyl (C=O) groups is 1. The van der Waals surface area contributed by atoms with E-state index < -0.39 is 0 Å². The molecule has 7 nitrogen and oxygen atoms in total. The van der Waals surface area contributed by atoms with E-state index in [1.807, 2.05) is 50.2 Å². The Balaban J connectivity index is 1.59. The topological polar surface area (TPSA) is 77.7 Å². The SMILES string of the molecule is COc1cc(C)c(CN(C)C(=O)CCc2nnc(-c3ccc(C)cc3)o2)cc1OC. The molecule has 0 spiro atoms. The second kappa shape index (κ2) is 9.43. The summed E-state index contributed by atoms with van der Waals surface area (Å²) in [5.74, 6) is 2.24. The highest BCUT2D eigenvalue weighted by Gasteiger charge is 2.16. The van der Waals surface area contributed by atoms with Gasteiger partial charge in [0.05, 0.1) is 14.2 Å². The second-order valence-electron chi connectivity index (χ2n) is 7.25. The number of nitrogens with zero attached hydrogens (tertiary/aromatic N) is 3. The lowest BCUT2D eigenvalue weighted by atomic mass is 10.1. The Labute approximate surface area is 176 Å². The fourth-order valence-electron chi connectivity index (χ4n) is 3.11. The first-order valence-corrected chi connectivity index (χ1v) is 9.76. The van der Waals surface area contributed by atoms with Crippen LogP contribution in [0.3, 0.4) is 0 Å². The molecule has 0 atom stereocenters. The Morgan fingerprint density at radius 3 is 2.37 bits per heavy atom. The van der Waals surface area contributed by atoms with Crippen LogP contribution >= 0.6 is 0 Å². The van der Waals surface area contributed by atoms with Gasteiger partial charge in [0.15, 0.2) is 11.5 Å². The van der Waals surface area contributed by atoms with Crippen LogP contribution in [-0.2, 0) is 17.8 Å². The van der Waals surface area contributed by atoms with Crippen LogP contribution in [0.4, 0.5) is 0 Å². The molecule has 0 N–H and O–H groups in total. The number of amides is 1. The fourth-order valence-corrected chi connectivity index (χ4v) is 3.11. The molecular weight excluding hydrogens is 382 g/mol. The molecule has 158 valence electrons. The summed E-state index contributed by atoms with van der Waals surface area (Å²) >= 11 is 0. The first-order valence-electron chi connectivity index (χ1n) is 9.76. The number of aryl methyl sites for hydroxylation is 3. The zero-order chi connectivity index (χ0) is 21.7. The highest BCUT2D eigenvalue weighted by molar-refractivity contribution is 5.76. The zero-order valence-electron chi connectivity index (χ0n) is 18.1. The number of ether oxygens (including phenoxy) is 2. The summed E-state index contributed by atoms with van der Waals surface area (Å²) in [7, 11) is 4.99. The predicted molar refractivity (Wildman–Crippen MR) is 114 cm³/mol. The van der Waals surface area contributed by atoms with Crippen LogP contribution in [0.5, 0.6) is 11.5 Å². The lowest BCUT2D eigenvalue weighted by Gasteiger charge is -2.19. The van der Waals surface area contributed by atoms with Crippen LogP contribution < -0.4 is 9.47 Å². The van der Waals surface area contributed by atoms with Crippen molar-refractivity contribution in [1.82, 2.24) is 15.1 Å². The van der Waals surface area contributed by atoms with Gasteiger partial charge in [0.25, 0.3) is 0 Å². The summed E-state index contributed by atoms with van der Waals surface area (Å²) in [5.41, 5.74) is 4.07. The number of aromatic nitrogens is 2. The van der Waals surface area contributed by atoms with Gasteiger partial charge in [-0.05, 0) is 49.2 Å². The molecule has 0 saturated carbocycles. The molecule has 1 amide bonds. The molecule has 0 aliphatic heterocycles. The van der Waals surface area contributed by atoms with Crippen molar-refractivity contribution in [3.8, 4) is 23.0 Å². The standard InChI is InChI=1S/C23H27N3O4/c1-15-6-8-17(9-7-15)23-25-24-21(30-23)10-11-22(27)26(3)14-18-13-20(29-5)19(28-4)12-16(18)2/h6-9,12-13H,10-11,14H2,1-5H3. The minimum absolute atomic E-state index is 0.000675. The van der Waals surface area contributed by atoms with Crippen LogP contribution in [0.15, 0.2) is 40.8 Å². The third kappa shape index (κ3) is 4.97. The van der Waals surface area contributed by atoms with Gasteiger partial charge in [-0.25, -0.2) is 0 Å². The Morgan fingerprint density at radius 1 is 1.03 bits per heavy atom. The van der Waals surface area contributed by atoms with Crippen molar-refractivity contribution >= 4 is 5.91 Å². The maximum Gasteiger partial charge on any atom is 0.247 e. The van der Waals surface area contributed by atoms with Crippen molar-refractivity contribution in [2.24, 2.45) is 0 Å². The average molecular weight is 409 g/mol. The number of hydrogen-bond acceptors (Lipinski definition) is 6. The third-order valence-electron chi connectivity index (χ3n) is 4.99. The molecule has 0 unspecified atom stereocenters. The Morgan fingerprint density at radius 2 is 1.70 bits per heavy atom. The van der Waals surface area contributed by atoms with Crippen LogP contribution in [0.2, 0.25) is 0 Å². The molecule has 0 radical (unpaired) electrons. The molecule has 1 heterocycles. The maximum absolute atomic E-state index is 12.6. The highest BCUT2D eigenvalue weighted by atomic mass is 16.5. The predicted octanol–water partition coefficient (Wildman–Crippen LogP) is 3.96. The highest BCUT2D eigenvalue weighted by Crippen LogP contribution is 2.30. The summed E-state index contributed by atoms with van der Waals surface area (Å²) in [6.07, 6.45) is 0.686. The number of hydrogen-bond donors (Lipinski definition) is 0. The monoisotopic (exact) mass is 409 g/mol. The molecule has 0 fully saturated rings. The largest absolute Gasteiger partial charge is 0.493 e. The van der Waals surface area contributed by atoms with E-state index >= 15 is 0 Å². The van der Waals surface area contributed by atoms with E-state index in [4.69, 9.17) is 13.9 Å². The summed E-state index contributed by atoms with van der Waals surface area (Å²) in [6, 6.07) is 11.7. The number of methoxy groups -OCH3 is 2. The van der Waals surface area contributed by atoms with Gasteiger partial charge < -0.3 is 18.8 Å².